The standard InChI is InChI=1S/C17H12Cl2FN5O/c18-11-5-4-10(14(19)15(11)20)17(26)24-7-8-25-13(9-24)22-23-16(25)12-3-1-2-6-21-12/h1-6H,7-9H2. The van der Waals surface area contributed by atoms with Crippen LogP contribution in [-0.4, -0.2) is 37.1 Å². The number of carbonyl (C=O) groups excluding carboxylic acids is 1. The quantitative estimate of drug-likeness (QED) is 0.627. The van der Waals surface area contributed by atoms with Crippen LogP contribution in [0.3, 0.4) is 0 Å². The SMILES string of the molecule is O=C(c1ccc(Cl)c(F)c1Cl)N1CCn2c(nnc2-c2ccccn2)C1. The third kappa shape index (κ3) is 2.83. The Hall–Kier alpha value is -2.51. The second-order valence-electron chi connectivity index (χ2n) is 5.76. The highest BCUT2D eigenvalue weighted by atomic mass is 35.5. The second-order valence-corrected chi connectivity index (χ2v) is 6.54. The molecule has 0 fully saturated rings. The fraction of sp³-hybridized carbons (Fsp3) is 0.176. The molecule has 0 unspecified atom stereocenters. The molecule has 0 saturated carbocycles. The fourth-order valence-corrected chi connectivity index (χ4v) is 3.33. The summed E-state index contributed by atoms with van der Waals surface area (Å²) < 4.78 is 15.8. The number of hydrogen-bond acceptors (Lipinski definition) is 4. The zero-order valence-electron chi connectivity index (χ0n) is 13.4. The largest absolute Gasteiger partial charge is 0.329 e. The number of benzene rings is 1. The molecule has 6 nitrogen and oxygen atoms in total. The number of pyridine rings is 1. The van der Waals surface area contributed by atoms with Crippen LogP contribution in [0.4, 0.5) is 4.39 Å². The highest BCUT2D eigenvalue weighted by Crippen LogP contribution is 2.28. The van der Waals surface area contributed by atoms with Crippen molar-refractivity contribution in [2.24, 2.45) is 0 Å². The molecule has 0 saturated heterocycles. The van der Waals surface area contributed by atoms with E-state index < -0.39 is 5.82 Å². The van der Waals surface area contributed by atoms with E-state index in [1.165, 1.54) is 12.1 Å². The molecule has 0 aliphatic carbocycles. The van der Waals surface area contributed by atoms with E-state index >= 15 is 0 Å². The second kappa shape index (κ2) is 6.66. The van der Waals surface area contributed by atoms with Gasteiger partial charge in [-0.3, -0.25) is 9.78 Å². The molecule has 0 atom stereocenters. The molecule has 1 aromatic carbocycles. The van der Waals surface area contributed by atoms with Gasteiger partial charge >= 0.3 is 0 Å². The van der Waals surface area contributed by atoms with Gasteiger partial charge in [-0.2, -0.15) is 0 Å². The van der Waals surface area contributed by atoms with Crippen LogP contribution in [-0.2, 0) is 13.1 Å². The van der Waals surface area contributed by atoms with Crippen molar-refractivity contribution in [1.82, 2.24) is 24.6 Å². The van der Waals surface area contributed by atoms with Crippen molar-refractivity contribution < 1.29 is 9.18 Å². The van der Waals surface area contributed by atoms with E-state index in [0.29, 0.717) is 30.4 Å². The number of aromatic nitrogens is 4. The van der Waals surface area contributed by atoms with E-state index in [0.717, 1.165) is 0 Å². The van der Waals surface area contributed by atoms with Gasteiger partial charge < -0.3 is 9.47 Å². The van der Waals surface area contributed by atoms with E-state index in [2.05, 4.69) is 15.2 Å². The molecule has 26 heavy (non-hydrogen) atoms. The number of rotatable bonds is 2. The van der Waals surface area contributed by atoms with Crippen molar-refractivity contribution in [2.45, 2.75) is 13.1 Å². The van der Waals surface area contributed by atoms with Crippen molar-refractivity contribution >= 4 is 29.1 Å². The lowest BCUT2D eigenvalue weighted by Gasteiger charge is -2.28. The van der Waals surface area contributed by atoms with Crippen LogP contribution in [0.5, 0.6) is 0 Å². The zero-order chi connectivity index (χ0) is 18.3. The number of hydrogen-bond donors (Lipinski definition) is 0. The number of amides is 1. The first kappa shape index (κ1) is 16.9. The Morgan fingerprint density at radius 2 is 1.96 bits per heavy atom. The third-order valence-corrected chi connectivity index (χ3v) is 4.86. The molecule has 1 amide bonds. The maximum absolute atomic E-state index is 13.9. The minimum absolute atomic E-state index is 0.0754. The topological polar surface area (TPSA) is 63.9 Å². The normalized spacial score (nSPS) is 13.6. The monoisotopic (exact) mass is 391 g/mol. The summed E-state index contributed by atoms with van der Waals surface area (Å²) in [6.45, 7) is 1.18. The Bertz CT molecular complexity index is 992. The molecule has 4 rings (SSSR count). The summed E-state index contributed by atoms with van der Waals surface area (Å²) in [6.07, 6.45) is 1.69. The molecule has 0 spiro atoms. The van der Waals surface area contributed by atoms with E-state index in [9.17, 15) is 9.18 Å². The Labute approximate surface area is 158 Å². The zero-order valence-corrected chi connectivity index (χ0v) is 14.9. The maximum Gasteiger partial charge on any atom is 0.255 e. The van der Waals surface area contributed by atoms with Gasteiger partial charge in [-0.05, 0) is 24.3 Å². The highest BCUT2D eigenvalue weighted by molar-refractivity contribution is 6.37. The first-order chi connectivity index (χ1) is 12.6. The molecule has 9 heteroatoms. The smallest absolute Gasteiger partial charge is 0.255 e. The lowest BCUT2D eigenvalue weighted by Crippen LogP contribution is -2.38. The average molecular weight is 392 g/mol. The highest BCUT2D eigenvalue weighted by Gasteiger charge is 2.28. The van der Waals surface area contributed by atoms with Crippen LogP contribution in [0.25, 0.3) is 11.5 Å². The Balaban J connectivity index is 1.61. The van der Waals surface area contributed by atoms with Gasteiger partial charge in [0, 0.05) is 19.3 Å². The van der Waals surface area contributed by atoms with Crippen LogP contribution < -0.4 is 0 Å². The number of carbonyl (C=O) groups is 1. The number of halogens is 3. The van der Waals surface area contributed by atoms with Gasteiger partial charge in [-0.1, -0.05) is 29.3 Å². The first-order valence-electron chi connectivity index (χ1n) is 7.82. The summed E-state index contributed by atoms with van der Waals surface area (Å²) in [5.74, 6) is 0.120. The van der Waals surface area contributed by atoms with Crippen molar-refractivity contribution in [1.29, 1.82) is 0 Å². The molecule has 0 N–H and O–H groups in total. The molecule has 0 radical (unpaired) electrons. The Morgan fingerprint density at radius 1 is 1.12 bits per heavy atom. The summed E-state index contributed by atoms with van der Waals surface area (Å²) in [4.78, 5) is 18.6. The molecular weight excluding hydrogens is 380 g/mol. The van der Waals surface area contributed by atoms with Crippen LogP contribution in [0, 0.1) is 5.82 Å². The van der Waals surface area contributed by atoms with E-state index in [1.54, 1.807) is 11.1 Å². The third-order valence-electron chi connectivity index (χ3n) is 4.20. The Kier molecular flexibility index (Phi) is 4.34. The van der Waals surface area contributed by atoms with Crippen LogP contribution >= 0.6 is 23.2 Å². The minimum atomic E-state index is -0.795. The van der Waals surface area contributed by atoms with Gasteiger partial charge in [-0.15, -0.1) is 10.2 Å². The van der Waals surface area contributed by atoms with E-state index in [4.69, 9.17) is 23.2 Å². The molecular formula is C17H12Cl2FN5O. The minimum Gasteiger partial charge on any atom is -0.329 e. The van der Waals surface area contributed by atoms with Crippen LogP contribution in [0.1, 0.15) is 16.2 Å². The molecule has 0 bridgehead atoms. The molecule has 3 aromatic rings. The van der Waals surface area contributed by atoms with Gasteiger partial charge in [0.2, 0.25) is 0 Å². The Morgan fingerprint density at radius 3 is 2.73 bits per heavy atom. The molecule has 1 aliphatic rings. The van der Waals surface area contributed by atoms with Crippen molar-refractivity contribution in [3.8, 4) is 11.5 Å². The predicted octanol–water partition coefficient (Wildman–Crippen LogP) is 3.44. The van der Waals surface area contributed by atoms with Gasteiger partial charge in [0.15, 0.2) is 17.5 Å². The first-order valence-corrected chi connectivity index (χ1v) is 8.58. The van der Waals surface area contributed by atoms with Crippen LogP contribution in [0.2, 0.25) is 10.0 Å². The summed E-state index contributed by atoms with van der Waals surface area (Å²) in [5, 5.41) is 7.96. The van der Waals surface area contributed by atoms with Gasteiger partial charge in [-0.25, -0.2) is 4.39 Å². The van der Waals surface area contributed by atoms with E-state index in [-0.39, 0.29) is 28.1 Å². The van der Waals surface area contributed by atoms with Gasteiger partial charge in [0.05, 0.1) is 22.2 Å². The molecule has 2 aromatic heterocycles. The van der Waals surface area contributed by atoms with E-state index in [1.807, 2.05) is 22.8 Å². The summed E-state index contributed by atoms with van der Waals surface area (Å²) >= 11 is 11.6. The maximum atomic E-state index is 13.9. The lowest BCUT2D eigenvalue weighted by molar-refractivity contribution is 0.0707. The number of fused-ring (bicyclic) bond motifs is 1. The molecule has 1 aliphatic heterocycles. The van der Waals surface area contributed by atoms with Gasteiger partial charge in [0.1, 0.15) is 5.69 Å². The van der Waals surface area contributed by atoms with Gasteiger partial charge in [0.25, 0.3) is 5.91 Å². The molecule has 3 heterocycles. The number of nitrogens with zero attached hydrogens (tertiary/aromatic N) is 5. The predicted molar refractivity (Wildman–Crippen MR) is 94.4 cm³/mol. The average Bonchev–Trinajstić information content (AvgIpc) is 3.09. The molecule has 132 valence electrons. The summed E-state index contributed by atoms with van der Waals surface area (Å²) in [7, 11) is 0. The fourth-order valence-electron chi connectivity index (χ4n) is 2.88. The summed E-state index contributed by atoms with van der Waals surface area (Å²) in [6, 6.07) is 8.30. The summed E-state index contributed by atoms with van der Waals surface area (Å²) in [5.41, 5.74) is 0.792. The van der Waals surface area contributed by atoms with Crippen LogP contribution in [0.15, 0.2) is 36.5 Å². The van der Waals surface area contributed by atoms with Crippen molar-refractivity contribution in [3.63, 3.8) is 0 Å². The van der Waals surface area contributed by atoms with Crippen molar-refractivity contribution in [3.05, 3.63) is 63.8 Å². The van der Waals surface area contributed by atoms with Crippen molar-refractivity contribution in [2.75, 3.05) is 6.54 Å². The lowest BCUT2D eigenvalue weighted by atomic mass is 10.1.